The van der Waals surface area contributed by atoms with Gasteiger partial charge in [0.15, 0.2) is 23.0 Å². The number of pyridine rings is 1. The Morgan fingerprint density at radius 1 is 1.06 bits per heavy atom. The van der Waals surface area contributed by atoms with Crippen molar-refractivity contribution in [2.24, 2.45) is 0 Å². The fourth-order valence-corrected chi connectivity index (χ4v) is 4.72. The average Bonchev–Trinajstić information content (AvgIpc) is 3.26. The fraction of sp³-hybridized carbons (Fsp3) is 0.222. The molecule has 1 fully saturated rings. The lowest BCUT2D eigenvalue weighted by molar-refractivity contribution is 0.362. The molecule has 4 heterocycles. The minimum atomic E-state index is -0.456. The number of imidazole rings is 1. The maximum atomic E-state index is 14.3. The van der Waals surface area contributed by atoms with Crippen LogP contribution in [0.5, 0.6) is 11.5 Å². The third kappa shape index (κ3) is 3.95. The zero-order chi connectivity index (χ0) is 23.9. The van der Waals surface area contributed by atoms with Gasteiger partial charge < -0.3 is 14.6 Å². The van der Waals surface area contributed by atoms with Gasteiger partial charge in [0.05, 0.1) is 17.6 Å². The van der Waals surface area contributed by atoms with Gasteiger partial charge in [-0.1, -0.05) is 18.2 Å². The number of aromatic nitrogens is 4. The standard InChI is InChI=1S/C27H24FN5O2/c1-17-16-33-26(30-17)25(35-24-5-3-2-4-22(24)28)15-23(31-33)19-6-7-21-18(14-19)10-13-32(27(21)34)20-8-11-29-12-9-20/h2-7,10,13-16,20,29H,8-9,11-12H2,1H3. The molecule has 1 saturated heterocycles. The van der Waals surface area contributed by atoms with Gasteiger partial charge in [0, 0.05) is 29.3 Å². The van der Waals surface area contributed by atoms with Crippen molar-refractivity contribution < 1.29 is 9.13 Å². The van der Waals surface area contributed by atoms with E-state index in [0.29, 0.717) is 22.5 Å². The molecule has 7 nitrogen and oxygen atoms in total. The number of nitrogens with zero attached hydrogens (tertiary/aromatic N) is 4. The van der Waals surface area contributed by atoms with Gasteiger partial charge >= 0.3 is 0 Å². The first-order valence-corrected chi connectivity index (χ1v) is 11.7. The van der Waals surface area contributed by atoms with Crippen LogP contribution in [0.25, 0.3) is 27.7 Å². The highest BCUT2D eigenvalue weighted by Gasteiger charge is 2.18. The molecule has 0 aliphatic carbocycles. The summed E-state index contributed by atoms with van der Waals surface area (Å²) in [5, 5.41) is 9.57. The van der Waals surface area contributed by atoms with Gasteiger partial charge in [-0.15, -0.1) is 0 Å². The number of halogens is 1. The summed E-state index contributed by atoms with van der Waals surface area (Å²) in [6.07, 6.45) is 5.59. The van der Waals surface area contributed by atoms with E-state index in [-0.39, 0.29) is 17.4 Å². The van der Waals surface area contributed by atoms with Crippen LogP contribution in [0.3, 0.4) is 0 Å². The number of hydrogen-bond acceptors (Lipinski definition) is 5. The van der Waals surface area contributed by atoms with Crippen molar-refractivity contribution >= 4 is 16.4 Å². The van der Waals surface area contributed by atoms with Crippen molar-refractivity contribution in [3.63, 3.8) is 0 Å². The smallest absolute Gasteiger partial charge is 0.258 e. The van der Waals surface area contributed by atoms with Crippen LogP contribution in [0.15, 0.2) is 71.8 Å². The maximum absolute atomic E-state index is 14.3. The van der Waals surface area contributed by atoms with E-state index < -0.39 is 5.82 Å². The van der Waals surface area contributed by atoms with Gasteiger partial charge in [-0.2, -0.15) is 5.10 Å². The van der Waals surface area contributed by atoms with Crippen molar-refractivity contribution in [2.45, 2.75) is 25.8 Å². The van der Waals surface area contributed by atoms with Crippen LogP contribution in [0.2, 0.25) is 0 Å². The molecule has 1 aliphatic heterocycles. The highest BCUT2D eigenvalue weighted by molar-refractivity contribution is 5.86. The summed E-state index contributed by atoms with van der Waals surface area (Å²) in [5.74, 6) is 0.0572. The lowest BCUT2D eigenvalue weighted by Gasteiger charge is -2.25. The largest absolute Gasteiger partial charge is 0.450 e. The van der Waals surface area contributed by atoms with E-state index in [0.717, 1.165) is 42.6 Å². The Morgan fingerprint density at radius 3 is 2.71 bits per heavy atom. The average molecular weight is 470 g/mol. The van der Waals surface area contributed by atoms with Gasteiger partial charge in [-0.05, 0) is 68.6 Å². The van der Waals surface area contributed by atoms with E-state index in [4.69, 9.17) is 9.84 Å². The van der Waals surface area contributed by atoms with Crippen LogP contribution >= 0.6 is 0 Å². The molecular weight excluding hydrogens is 445 g/mol. The predicted molar refractivity (Wildman–Crippen MR) is 133 cm³/mol. The molecule has 6 rings (SSSR count). The summed E-state index contributed by atoms with van der Waals surface area (Å²) in [7, 11) is 0. The molecule has 5 aromatic rings. The topological polar surface area (TPSA) is 73.5 Å². The van der Waals surface area contributed by atoms with Crippen LogP contribution in [-0.4, -0.2) is 32.3 Å². The second-order valence-electron chi connectivity index (χ2n) is 8.89. The minimum Gasteiger partial charge on any atom is -0.450 e. The fourth-order valence-electron chi connectivity index (χ4n) is 4.72. The quantitative estimate of drug-likeness (QED) is 0.406. The highest BCUT2D eigenvalue weighted by atomic mass is 19.1. The summed E-state index contributed by atoms with van der Waals surface area (Å²) in [5.41, 5.74) is 2.75. The van der Waals surface area contributed by atoms with Gasteiger partial charge in [-0.3, -0.25) is 4.79 Å². The van der Waals surface area contributed by atoms with E-state index in [1.54, 1.807) is 35.0 Å². The number of piperidine rings is 1. The summed E-state index contributed by atoms with van der Waals surface area (Å²) in [6, 6.07) is 15.9. The summed E-state index contributed by atoms with van der Waals surface area (Å²) in [4.78, 5) is 17.7. The number of fused-ring (bicyclic) bond motifs is 2. The van der Waals surface area contributed by atoms with Crippen LogP contribution < -0.4 is 15.6 Å². The number of ether oxygens (including phenoxy) is 1. The molecule has 8 heteroatoms. The zero-order valence-corrected chi connectivity index (χ0v) is 19.2. The highest BCUT2D eigenvalue weighted by Crippen LogP contribution is 2.32. The molecule has 0 saturated carbocycles. The lowest BCUT2D eigenvalue weighted by atomic mass is 10.0. The van der Waals surface area contributed by atoms with Gasteiger partial charge in [0.25, 0.3) is 5.56 Å². The predicted octanol–water partition coefficient (Wildman–Crippen LogP) is 4.88. The molecule has 0 bridgehead atoms. The Morgan fingerprint density at radius 2 is 1.89 bits per heavy atom. The summed E-state index contributed by atoms with van der Waals surface area (Å²) >= 11 is 0. The number of aryl methyl sites for hydroxylation is 1. The third-order valence-electron chi connectivity index (χ3n) is 6.50. The Hall–Kier alpha value is -4.04. The molecule has 1 aliphatic rings. The molecule has 0 unspecified atom stereocenters. The molecule has 3 aromatic heterocycles. The number of rotatable bonds is 4. The number of benzene rings is 2. The van der Waals surface area contributed by atoms with Crippen LogP contribution in [0.4, 0.5) is 4.39 Å². The Labute approximate surface area is 200 Å². The molecule has 35 heavy (non-hydrogen) atoms. The SMILES string of the molecule is Cc1cn2nc(-c3ccc4c(=O)n(C5CCNCC5)ccc4c3)cc(Oc3ccccc3F)c2n1. The Bertz CT molecular complexity index is 1620. The van der Waals surface area contributed by atoms with E-state index in [1.165, 1.54) is 6.07 Å². The second kappa shape index (κ2) is 8.63. The van der Waals surface area contributed by atoms with E-state index >= 15 is 0 Å². The summed E-state index contributed by atoms with van der Waals surface area (Å²) in [6.45, 7) is 3.71. The monoisotopic (exact) mass is 469 g/mol. The van der Waals surface area contributed by atoms with Crippen molar-refractivity contribution in [1.82, 2.24) is 24.5 Å². The first-order valence-electron chi connectivity index (χ1n) is 11.7. The molecule has 0 amide bonds. The maximum Gasteiger partial charge on any atom is 0.258 e. The number of para-hydroxylation sites is 1. The van der Waals surface area contributed by atoms with E-state index in [9.17, 15) is 9.18 Å². The molecular formula is C27H24FN5O2. The van der Waals surface area contributed by atoms with Gasteiger partial charge in [-0.25, -0.2) is 13.9 Å². The van der Waals surface area contributed by atoms with Gasteiger partial charge in [0.1, 0.15) is 0 Å². The van der Waals surface area contributed by atoms with Crippen molar-refractivity contribution in [3.8, 4) is 22.8 Å². The van der Waals surface area contributed by atoms with Crippen LogP contribution in [0, 0.1) is 12.7 Å². The van der Waals surface area contributed by atoms with Crippen LogP contribution in [0.1, 0.15) is 24.6 Å². The number of hydrogen-bond donors (Lipinski definition) is 1. The van der Waals surface area contributed by atoms with Crippen molar-refractivity contribution in [1.29, 1.82) is 0 Å². The molecule has 0 radical (unpaired) electrons. The molecule has 176 valence electrons. The Balaban J connectivity index is 1.43. The molecule has 0 atom stereocenters. The zero-order valence-electron chi connectivity index (χ0n) is 19.2. The van der Waals surface area contributed by atoms with E-state index in [2.05, 4.69) is 10.3 Å². The first kappa shape index (κ1) is 21.5. The second-order valence-corrected chi connectivity index (χ2v) is 8.89. The number of nitrogens with one attached hydrogen (secondary N) is 1. The normalized spacial score (nSPS) is 14.6. The summed E-state index contributed by atoms with van der Waals surface area (Å²) < 4.78 is 23.7. The van der Waals surface area contributed by atoms with E-state index in [1.807, 2.05) is 42.0 Å². The van der Waals surface area contributed by atoms with Crippen molar-refractivity contribution in [2.75, 3.05) is 13.1 Å². The molecule has 0 spiro atoms. The lowest BCUT2D eigenvalue weighted by Crippen LogP contribution is -2.34. The molecule has 2 aromatic carbocycles. The minimum absolute atomic E-state index is 0.0261. The van der Waals surface area contributed by atoms with Gasteiger partial charge in [0.2, 0.25) is 0 Å². The van der Waals surface area contributed by atoms with Crippen molar-refractivity contribution in [3.05, 3.63) is 88.9 Å². The first-order chi connectivity index (χ1) is 17.1. The molecule has 1 N–H and O–H groups in total. The van der Waals surface area contributed by atoms with Crippen LogP contribution in [-0.2, 0) is 0 Å². The Kier molecular flexibility index (Phi) is 5.30. The third-order valence-corrected chi connectivity index (χ3v) is 6.50.